The van der Waals surface area contributed by atoms with E-state index in [4.69, 9.17) is 5.73 Å². The molecule has 1 aromatic carbocycles. The third-order valence-corrected chi connectivity index (χ3v) is 3.32. The summed E-state index contributed by atoms with van der Waals surface area (Å²) in [4.78, 5) is 4.00. The van der Waals surface area contributed by atoms with Crippen molar-refractivity contribution in [3.63, 3.8) is 0 Å². The van der Waals surface area contributed by atoms with Gasteiger partial charge in [0.15, 0.2) is 0 Å². The number of benzene rings is 1. The maximum Gasteiger partial charge on any atom is 0.417 e. The van der Waals surface area contributed by atoms with E-state index in [0.717, 1.165) is 18.1 Å². The van der Waals surface area contributed by atoms with Crippen molar-refractivity contribution >= 4 is 5.84 Å². The van der Waals surface area contributed by atoms with Gasteiger partial charge < -0.3 is 5.73 Å². The van der Waals surface area contributed by atoms with Gasteiger partial charge >= 0.3 is 6.18 Å². The summed E-state index contributed by atoms with van der Waals surface area (Å²) in [5.74, 6) is 0.101. The Morgan fingerprint density at radius 1 is 1.29 bits per heavy atom. The van der Waals surface area contributed by atoms with Crippen molar-refractivity contribution < 1.29 is 13.2 Å². The molecule has 0 radical (unpaired) electrons. The molecule has 0 saturated carbocycles. The first kappa shape index (κ1) is 19.5. The first-order chi connectivity index (χ1) is 11.2. The fourth-order valence-electron chi connectivity index (χ4n) is 1.94. The molecule has 0 aromatic heterocycles. The standard InChI is InChI=1S/C19H21F3N2/c1-5-7-11-17(19(20,21)22)13(3)14(4)24-18(23)16-10-8-9-15(6-2)12-16/h5,7-12H,3-4,6H2,1-2H3,(H2,23,24)/b7-5-,17-11+. The molecule has 0 aliphatic carbocycles. The molecule has 0 saturated heterocycles. The summed E-state index contributed by atoms with van der Waals surface area (Å²) in [6.45, 7) is 10.7. The zero-order valence-electron chi connectivity index (χ0n) is 13.8. The largest absolute Gasteiger partial charge is 0.417 e. The van der Waals surface area contributed by atoms with Crippen LogP contribution in [0.5, 0.6) is 0 Å². The summed E-state index contributed by atoms with van der Waals surface area (Å²) in [6, 6.07) is 7.34. The van der Waals surface area contributed by atoms with Crippen molar-refractivity contribution in [1.82, 2.24) is 0 Å². The molecule has 0 spiro atoms. The highest BCUT2D eigenvalue weighted by atomic mass is 19.4. The summed E-state index contributed by atoms with van der Waals surface area (Å²) in [5.41, 5.74) is 6.26. The lowest BCUT2D eigenvalue weighted by Crippen LogP contribution is -2.17. The number of nitrogens with two attached hydrogens (primary N) is 1. The third kappa shape index (κ3) is 5.26. The lowest BCUT2D eigenvalue weighted by molar-refractivity contribution is -0.0890. The van der Waals surface area contributed by atoms with Crippen LogP contribution < -0.4 is 5.73 Å². The number of hydrogen-bond donors (Lipinski definition) is 1. The normalized spacial score (nSPS) is 13.4. The van der Waals surface area contributed by atoms with Crippen molar-refractivity contribution in [2.24, 2.45) is 10.7 Å². The van der Waals surface area contributed by atoms with E-state index in [9.17, 15) is 13.2 Å². The second kappa shape index (κ2) is 8.34. The van der Waals surface area contributed by atoms with Crippen LogP contribution >= 0.6 is 0 Å². The van der Waals surface area contributed by atoms with Gasteiger partial charge in [0.1, 0.15) is 5.84 Å². The van der Waals surface area contributed by atoms with Crippen molar-refractivity contribution in [2.45, 2.75) is 26.4 Å². The molecule has 1 aromatic rings. The summed E-state index contributed by atoms with van der Waals surface area (Å²) in [6.07, 6.45) is -0.00328. The number of allylic oxidation sites excluding steroid dienone is 4. The zero-order chi connectivity index (χ0) is 18.3. The van der Waals surface area contributed by atoms with Crippen molar-refractivity contribution in [2.75, 3.05) is 0 Å². The average molecular weight is 334 g/mol. The Kier molecular flexibility index (Phi) is 6.77. The highest BCUT2D eigenvalue weighted by Gasteiger charge is 2.35. The quantitative estimate of drug-likeness (QED) is 0.439. The molecule has 5 heteroatoms. The maximum absolute atomic E-state index is 13.1. The number of aliphatic imine (C=N–C) groups is 1. The van der Waals surface area contributed by atoms with E-state index in [1.165, 1.54) is 12.2 Å². The van der Waals surface area contributed by atoms with E-state index in [1.807, 2.05) is 25.1 Å². The van der Waals surface area contributed by atoms with Gasteiger partial charge in [-0.2, -0.15) is 13.2 Å². The number of rotatable bonds is 6. The predicted octanol–water partition coefficient (Wildman–Crippen LogP) is 5.09. The van der Waals surface area contributed by atoms with Gasteiger partial charge in [-0.15, -0.1) is 0 Å². The molecular weight excluding hydrogens is 313 g/mol. The van der Waals surface area contributed by atoms with Gasteiger partial charge in [0.25, 0.3) is 0 Å². The molecular formula is C19H21F3N2. The Morgan fingerprint density at radius 3 is 2.50 bits per heavy atom. The van der Waals surface area contributed by atoms with Crippen LogP contribution in [-0.4, -0.2) is 12.0 Å². The highest BCUT2D eigenvalue weighted by Crippen LogP contribution is 2.33. The Hall–Kier alpha value is -2.56. The fraction of sp³-hybridized carbons (Fsp3) is 0.211. The number of halogens is 3. The summed E-state index contributed by atoms with van der Waals surface area (Å²) >= 11 is 0. The molecule has 0 fully saturated rings. The molecule has 128 valence electrons. The molecule has 24 heavy (non-hydrogen) atoms. The van der Waals surface area contributed by atoms with E-state index < -0.39 is 11.7 Å². The SMILES string of the molecule is C=C(N=C(N)c1cccc(CC)c1)C(=C)/C(=C\C=C/C)C(F)(F)F. The lowest BCUT2D eigenvalue weighted by atomic mass is 10.0. The summed E-state index contributed by atoms with van der Waals surface area (Å²) < 4.78 is 39.4. The van der Waals surface area contributed by atoms with Gasteiger partial charge in [0.05, 0.1) is 11.3 Å². The number of nitrogens with zero attached hydrogens (tertiary/aromatic N) is 1. The van der Waals surface area contributed by atoms with Gasteiger partial charge in [0, 0.05) is 11.1 Å². The van der Waals surface area contributed by atoms with Gasteiger partial charge in [0.2, 0.25) is 0 Å². The van der Waals surface area contributed by atoms with Crippen LogP contribution in [0, 0.1) is 0 Å². The van der Waals surface area contributed by atoms with E-state index in [1.54, 1.807) is 13.0 Å². The molecule has 0 bridgehead atoms. The van der Waals surface area contributed by atoms with Crippen LogP contribution in [0.1, 0.15) is 25.0 Å². The van der Waals surface area contributed by atoms with Gasteiger partial charge in [-0.05, 0) is 31.1 Å². The highest BCUT2D eigenvalue weighted by molar-refractivity contribution is 5.98. The molecule has 0 unspecified atom stereocenters. The van der Waals surface area contributed by atoms with Crippen molar-refractivity contribution in [3.8, 4) is 0 Å². The Bertz CT molecular complexity index is 708. The van der Waals surface area contributed by atoms with Gasteiger partial charge in [-0.3, -0.25) is 0 Å². The van der Waals surface area contributed by atoms with Crippen LogP contribution in [0.3, 0.4) is 0 Å². The molecule has 0 aliphatic rings. The predicted molar refractivity (Wildman–Crippen MR) is 93.8 cm³/mol. The summed E-state index contributed by atoms with van der Waals surface area (Å²) in [7, 11) is 0. The molecule has 1 rings (SSSR count). The minimum absolute atomic E-state index is 0.101. The first-order valence-corrected chi connectivity index (χ1v) is 7.42. The number of amidine groups is 1. The maximum atomic E-state index is 13.1. The number of aryl methyl sites for hydroxylation is 1. The van der Waals surface area contributed by atoms with Gasteiger partial charge in [-0.25, -0.2) is 4.99 Å². The van der Waals surface area contributed by atoms with Crippen LogP contribution in [0.4, 0.5) is 13.2 Å². The van der Waals surface area contributed by atoms with E-state index in [-0.39, 0.29) is 17.1 Å². The van der Waals surface area contributed by atoms with Gasteiger partial charge in [-0.1, -0.05) is 50.4 Å². The second-order valence-electron chi connectivity index (χ2n) is 5.08. The Balaban J connectivity index is 3.13. The average Bonchev–Trinajstić information content (AvgIpc) is 2.53. The Morgan fingerprint density at radius 2 is 1.96 bits per heavy atom. The molecule has 0 aliphatic heterocycles. The fourth-order valence-corrected chi connectivity index (χ4v) is 1.94. The first-order valence-electron chi connectivity index (χ1n) is 7.42. The van der Waals surface area contributed by atoms with Crippen LogP contribution in [0.2, 0.25) is 0 Å². The third-order valence-electron chi connectivity index (χ3n) is 3.32. The number of hydrogen-bond acceptors (Lipinski definition) is 1. The minimum atomic E-state index is -4.55. The molecule has 0 atom stereocenters. The minimum Gasteiger partial charge on any atom is -0.383 e. The lowest BCUT2D eigenvalue weighted by Gasteiger charge is -2.14. The van der Waals surface area contributed by atoms with Crippen LogP contribution in [0.15, 0.2) is 77.5 Å². The van der Waals surface area contributed by atoms with E-state index in [0.29, 0.717) is 5.56 Å². The monoisotopic (exact) mass is 334 g/mol. The molecule has 2 N–H and O–H groups in total. The smallest absolute Gasteiger partial charge is 0.383 e. The molecule has 2 nitrogen and oxygen atoms in total. The van der Waals surface area contributed by atoms with E-state index in [2.05, 4.69) is 18.2 Å². The van der Waals surface area contributed by atoms with Crippen LogP contribution in [0.25, 0.3) is 0 Å². The topological polar surface area (TPSA) is 38.4 Å². The zero-order valence-corrected chi connectivity index (χ0v) is 13.8. The van der Waals surface area contributed by atoms with Crippen LogP contribution in [-0.2, 0) is 6.42 Å². The second-order valence-corrected chi connectivity index (χ2v) is 5.08. The Labute approximate surface area is 140 Å². The molecule has 0 amide bonds. The van der Waals surface area contributed by atoms with Crippen molar-refractivity contribution in [3.05, 3.63) is 83.6 Å². The number of alkyl halides is 3. The summed E-state index contributed by atoms with van der Waals surface area (Å²) in [5, 5.41) is 0. The van der Waals surface area contributed by atoms with Crippen molar-refractivity contribution in [1.29, 1.82) is 0 Å². The molecule has 0 heterocycles. The van der Waals surface area contributed by atoms with E-state index >= 15 is 0 Å².